The van der Waals surface area contributed by atoms with Gasteiger partial charge in [0.2, 0.25) is 0 Å². The molecule has 0 radical (unpaired) electrons. The van der Waals surface area contributed by atoms with Gasteiger partial charge in [-0.25, -0.2) is 0 Å². The molecule has 47 heavy (non-hydrogen) atoms. The fraction of sp³-hybridized carbons (Fsp3) is 0.419. The van der Waals surface area contributed by atoms with Crippen LogP contribution < -0.4 is 5.43 Å². The summed E-state index contributed by atoms with van der Waals surface area (Å²) in [4.78, 5) is 15.2. The van der Waals surface area contributed by atoms with Gasteiger partial charge in [-0.05, 0) is 105 Å². The van der Waals surface area contributed by atoms with Gasteiger partial charge in [-0.3, -0.25) is 4.79 Å². The molecular formula is C43H55NO2S. The van der Waals surface area contributed by atoms with Crippen LogP contribution in [0.4, 0.5) is 0 Å². The summed E-state index contributed by atoms with van der Waals surface area (Å²) in [6.07, 6.45) is 14.9. The first kappa shape index (κ1) is 36.5. The zero-order chi connectivity index (χ0) is 33.6. The lowest BCUT2D eigenvalue weighted by molar-refractivity contribution is -0.00291. The predicted octanol–water partition coefficient (Wildman–Crippen LogP) is 12.0. The van der Waals surface area contributed by atoms with E-state index < -0.39 is 0 Å². The van der Waals surface area contributed by atoms with E-state index in [0.717, 1.165) is 54.7 Å². The predicted molar refractivity (Wildman–Crippen MR) is 204 cm³/mol. The van der Waals surface area contributed by atoms with Crippen molar-refractivity contribution in [2.45, 2.75) is 115 Å². The van der Waals surface area contributed by atoms with Crippen LogP contribution in [0.1, 0.15) is 103 Å². The smallest absolute Gasteiger partial charge is 0.197 e. The highest BCUT2D eigenvalue weighted by Gasteiger charge is 2.15. The number of allylic oxidation sites excluding steroid dienone is 1. The molecule has 250 valence electrons. The Morgan fingerprint density at radius 3 is 2.21 bits per heavy atom. The molecule has 0 amide bonds. The Morgan fingerprint density at radius 2 is 1.55 bits per heavy atom. The summed E-state index contributed by atoms with van der Waals surface area (Å²) in [5.41, 5.74) is 6.90. The largest absolute Gasteiger partial charge is 0.376 e. The van der Waals surface area contributed by atoms with Gasteiger partial charge in [0.05, 0.1) is 12.2 Å². The zero-order valence-corrected chi connectivity index (χ0v) is 30.2. The van der Waals surface area contributed by atoms with Gasteiger partial charge in [-0.15, -0.1) is 11.8 Å². The molecule has 4 aromatic rings. The number of aromatic nitrogens is 1. The SMILES string of the molecule is C=C(C)n1cc(-c2ccc(SCCCCCC(CCC)OC(C)C)cc2)c(=O)c(-c2cccc(CCC(CC)c3ccccc3)c2)c1. The highest BCUT2D eigenvalue weighted by Crippen LogP contribution is 2.29. The number of hydrogen-bond donors (Lipinski definition) is 0. The molecule has 1 aromatic heterocycles. The van der Waals surface area contributed by atoms with E-state index in [0.29, 0.717) is 29.3 Å². The molecule has 0 spiro atoms. The quantitative estimate of drug-likeness (QED) is 0.0748. The van der Waals surface area contributed by atoms with Crippen molar-refractivity contribution in [3.05, 3.63) is 119 Å². The summed E-state index contributed by atoms with van der Waals surface area (Å²) in [5.74, 6) is 1.62. The highest BCUT2D eigenvalue weighted by molar-refractivity contribution is 7.99. The summed E-state index contributed by atoms with van der Waals surface area (Å²) in [7, 11) is 0. The van der Waals surface area contributed by atoms with Crippen molar-refractivity contribution in [3.63, 3.8) is 0 Å². The van der Waals surface area contributed by atoms with Crippen LogP contribution in [0.3, 0.4) is 0 Å². The lowest BCUT2D eigenvalue weighted by atomic mass is 9.90. The number of ether oxygens (including phenoxy) is 1. The molecule has 0 aliphatic heterocycles. The van der Waals surface area contributed by atoms with Gasteiger partial charge >= 0.3 is 0 Å². The molecule has 0 aliphatic carbocycles. The van der Waals surface area contributed by atoms with Gasteiger partial charge in [0.15, 0.2) is 5.43 Å². The van der Waals surface area contributed by atoms with E-state index >= 15 is 0 Å². The van der Waals surface area contributed by atoms with Crippen molar-refractivity contribution in [1.82, 2.24) is 4.57 Å². The fourth-order valence-electron chi connectivity index (χ4n) is 6.34. The molecule has 0 saturated heterocycles. The van der Waals surface area contributed by atoms with E-state index in [1.54, 1.807) is 0 Å². The van der Waals surface area contributed by atoms with Gasteiger partial charge in [0.25, 0.3) is 0 Å². The monoisotopic (exact) mass is 649 g/mol. The minimum Gasteiger partial charge on any atom is -0.376 e. The second-order valence-electron chi connectivity index (χ2n) is 13.1. The first-order chi connectivity index (χ1) is 22.8. The van der Waals surface area contributed by atoms with E-state index in [2.05, 4.69) is 113 Å². The van der Waals surface area contributed by atoms with E-state index in [1.807, 2.05) is 35.6 Å². The maximum Gasteiger partial charge on any atom is 0.197 e. The number of thioether (sulfide) groups is 1. The third-order valence-corrected chi connectivity index (χ3v) is 10.0. The minimum absolute atomic E-state index is 0.0543. The molecule has 0 fully saturated rings. The highest BCUT2D eigenvalue weighted by atomic mass is 32.2. The summed E-state index contributed by atoms with van der Waals surface area (Å²) >= 11 is 1.90. The number of nitrogens with zero attached hydrogens (tertiary/aromatic N) is 1. The summed E-state index contributed by atoms with van der Waals surface area (Å²) < 4.78 is 8.07. The van der Waals surface area contributed by atoms with Crippen LogP contribution in [0.2, 0.25) is 0 Å². The van der Waals surface area contributed by atoms with Crippen molar-refractivity contribution in [1.29, 1.82) is 0 Å². The molecule has 4 heteroatoms. The third-order valence-electron chi connectivity index (χ3n) is 8.93. The number of pyridine rings is 1. The van der Waals surface area contributed by atoms with Crippen LogP contribution in [0, 0.1) is 0 Å². The normalized spacial score (nSPS) is 12.7. The second-order valence-corrected chi connectivity index (χ2v) is 14.3. The van der Waals surface area contributed by atoms with Crippen LogP contribution in [-0.4, -0.2) is 22.5 Å². The van der Waals surface area contributed by atoms with Gasteiger partial charge < -0.3 is 9.30 Å². The third kappa shape index (κ3) is 11.1. The number of rotatable bonds is 19. The maximum absolute atomic E-state index is 14.0. The molecule has 2 unspecified atom stereocenters. The topological polar surface area (TPSA) is 31.2 Å². The molecule has 1 heterocycles. The van der Waals surface area contributed by atoms with Gasteiger partial charge in [-0.2, -0.15) is 0 Å². The van der Waals surface area contributed by atoms with Crippen molar-refractivity contribution in [2.75, 3.05) is 5.75 Å². The second kappa shape index (κ2) is 18.9. The van der Waals surface area contributed by atoms with E-state index in [-0.39, 0.29) is 5.43 Å². The van der Waals surface area contributed by atoms with Crippen molar-refractivity contribution >= 4 is 17.5 Å². The van der Waals surface area contributed by atoms with Gasteiger partial charge in [0.1, 0.15) is 0 Å². The van der Waals surface area contributed by atoms with Crippen LogP contribution in [0.15, 0.2) is 108 Å². The van der Waals surface area contributed by atoms with Crippen molar-refractivity contribution in [3.8, 4) is 22.3 Å². The standard InChI is InChI=1S/C43H55NO2S/c1-7-16-39(46-33(5)6)21-13-10-14-28-47-40-26-24-37(25-27-40)41-30-44(32(3)4)31-42(43(41)45)38-20-15-17-34(29-38)22-23-35(8-2)36-18-11-9-12-19-36/h9,11-12,15,17-20,24-27,29-31,33,35,39H,3,7-8,10,13-14,16,21-23,28H2,1-2,4-6H3. The average molecular weight is 650 g/mol. The Morgan fingerprint density at radius 1 is 0.830 bits per heavy atom. The Bertz CT molecular complexity index is 1590. The molecule has 4 rings (SSSR count). The number of hydrogen-bond acceptors (Lipinski definition) is 3. The maximum atomic E-state index is 14.0. The molecule has 0 aliphatic rings. The Hall–Kier alpha value is -3.34. The molecule has 0 bridgehead atoms. The lowest BCUT2D eigenvalue weighted by Crippen LogP contribution is -2.17. The fourth-order valence-corrected chi connectivity index (χ4v) is 7.25. The Labute approximate surface area is 288 Å². The molecule has 0 N–H and O–H groups in total. The number of aryl methyl sites for hydroxylation is 1. The van der Waals surface area contributed by atoms with E-state index in [4.69, 9.17) is 4.74 Å². The Balaban J connectivity index is 1.42. The average Bonchev–Trinajstić information content (AvgIpc) is 3.07. The number of benzene rings is 3. The lowest BCUT2D eigenvalue weighted by Gasteiger charge is -2.19. The molecule has 3 nitrogen and oxygen atoms in total. The molecule has 0 saturated carbocycles. The van der Waals surface area contributed by atoms with Crippen molar-refractivity contribution < 1.29 is 4.74 Å². The van der Waals surface area contributed by atoms with Crippen LogP contribution in [0.25, 0.3) is 28.0 Å². The summed E-state index contributed by atoms with van der Waals surface area (Å²) in [5, 5.41) is 0. The van der Waals surface area contributed by atoms with E-state index in [9.17, 15) is 4.79 Å². The first-order valence-electron chi connectivity index (χ1n) is 17.7. The van der Waals surface area contributed by atoms with Gasteiger partial charge in [-0.1, -0.05) is 106 Å². The zero-order valence-electron chi connectivity index (χ0n) is 29.3. The van der Waals surface area contributed by atoms with Crippen molar-refractivity contribution in [2.24, 2.45) is 0 Å². The Kier molecular flexibility index (Phi) is 14.6. The molecule has 2 atom stereocenters. The minimum atomic E-state index is 0.0543. The first-order valence-corrected chi connectivity index (χ1v) is 18.7. The van der Waals surface area contributed by atoms with Crippen LogP contribution in [0.5, 0.6) is 0 Å². The van der Waals surface area contributed by atoms with E-state index in [1.165, 1.54) is 41.7 Å². The van der Waals surface area contributed by atoms with Crippen LogP contribution in [-0.2, 0) is 11.2 Å². The molecular weight excluding hydrogens is 595 g/mol. The van der Waals surface area contributed by atoms with Crippen LogP contribution >= 0.6 is 11.8 Å². The summed E-state index contributed by atoms with van der Waals surface area (Å²) in [6.45, 7) is 14.9. The summed E-state index contributed by atoms with van der Waals surface area (Å²) in [6, 6.07) is 27.8. The molecule has 3 aromatic carbocycles. The van der Waals surface area contributed by atoms with Gasteiger partial charge in [0, 0.05) is 34.1 Å². The number of unbranched alkanes of at least 4 members (excludes halogenated alkanes) is 2.